The van der Waals surface area contributed by atoms with Gasteiger partial charge in [-0.05, 0) is 94.5 Å². The lowest BCUT2D eigenvalue weighted by Crippen LogP contribution is -2.54. The van der Waals surface area contributed by atoms with E-state index in [0.29, 0.717) is 12.2 Å². The van der Waals surface area contributed by atoms with E-state index in [1.807, 2.05) is 13.8 Å². The van der Waals surface area contributed by atoms with Gasteiger partial charge in [-0.25, -0.2) is 4.79 Å². The average Bonchev–Trinajstić information content (AvgIpc) is 3.57. The van der Waals surface area contributed by atoms with Crippen molar-refractivity contribution in [2.45, 2.75) is 87.6 Å². The highest BCUT2D eigenvalue weighted by molar-refractivity contribution is 8.13. The molecule has 5 aliphatic rings. The first-order valence-corrected chi connectivity index (χ1v) is 14.9. The lowest BCUT2D eigenvalue weighted by atomic mass is 9.77. The number of thioether (sulfide) groups is 1. The Labute approximate surface area is 228 Å². The van der Waals surface area contributed by atoms with E-state index in [-0.39, 0.29) is 29.8 Å². The highest BCUT2D eigenvalue weighted by Crippen LogP contribution is 2.56. The van der Waals surface area contributed by atoms with E-state index < -0.39 is 23.3 Å². The second-order valence-electron chi connectivity index (χ2n) is 11.8. The highest BCUT2D eigenvalue weighted by atomic mass is 32.2. The number of esters is 1. The predicted molar refractivity (Wildman–Crippen MR) is 142 cm³/mol. The molecule has 2 fully saturated rings. The Bertz CT molecular complexity index is 1180. The van der Waals surface area contributed by atoms with Crippen molar-refractivity contribution in [1.82, 2.24) is 4.90 Å². The van der Waals surface area contributed by atoms with Crippen molar-refractivity contribution in [2.24, 2.45) is 0 Å². The maximum Gasteiger partial charge on any atom is 0.339 e. The minimum Gasteiger partial charge on any atom is -0.497 e. The average molecular weight is 544 g/mol. The zero-order valence-corrected chi connectivity index (χ0v) is 23.5. The molecule has 1 aromatic carbocycles. The van der Waals surface area contributed by atoms with Gasteiger partial charge in [0.25, 0.3) is 0 Å². The van der Waals surface area contributed by atoms with Crippen LogP contribution in [-0.2, 0) is 30.2 Å². The van der Waals surface area contributed by atoms with E-state index in [0.717, 1.165) is 74.0 Å². The fourth-order valence-electron chi connectivity index (χ4n) is 7.39. The van der Waals surface area contributed by atoms with Gasteiger partial charge >= 0.3 is 5.97 Å². The Hall–Kier alpha value is -2.23. The molecule has 9 heteroatoms. The number of rotatable bonds is 5. The van der Waals surface area contributed by atoms with Crippen molar-refractivity contribution in [3.8, 4) is 11.5 Å². The maximum atomic E-state index is 14.2. The van der Waals surface area contributed by atoms with E-state index in [9.17, 15) is 9.59 Å². The molecule has 4 aliphatic heterocycles. The number of methoxy groups -OCH3 is 1. The molecule has 0 N–H and O–H groups in total. The van der Waals surface area contributed by atoms with Gasteiger partial charge in [0.15, 0.2) is 28.3 Å². The first-order valence-electron chi connectivity index (χ1n) is 13.6. The van der Waals surface area contributed by atoms with Crippen molar-refractivity contribution in [2.75, 3.05) is 33.2 Å². The Morgan fingerprint density at radius 3 is 2.63 bits per heavy atom. The van der Waals surface area contributed by atoms with Gasteiger partial charge in [-0.1, -0.05) is 11.8 Å². The summed E-state index contributed by atoms with van der Waals surface area (Å²) in [6.45, 7) is 6.04. The molecule has 4 atom stereocenters. The number of carbonyl (C=O) groups excluding carboxylic acids is 2. The number of ether oxygens (including phenoxy) is 5. The monoisotopic (exact) mass is 543 g/mol. The molecule has 0 radical (unpaired) electrons. The molecule has 8 nitrogen and oxygen atoms in total. The zero-order chi connectivity index (χ0) is 26.7. The van der Waals surface area contributed by atoms with Crippen LogP contribution in [0, 0.1) is 0 Å². The lowest BCUT2D eigenvalue weighted by molar-refractivity contribution is -0.213. The Balaban J connectivity index is 1.41. The number of hydrogen-bond acceptors (Lipinski definition) is 9. The topological polar surface area (TPSA) is 83.5 Å². The third-order valence-electron chi connectivity index (χ3n) is 9.06. The Morgan fingerprint density at radius 2 is 1.89 bits per heavy atom. The van der Waals surface area contributed by atoms with Crippen LogP contribution in [0.4, 0.5) is 0 Å². The van der Waals surface area contributed by atoms with Crippen LogP contribution in [-0.4, -0.2) is 72.1 Å². The molecule has 0 amide bonds. The van der Waals surface area contributed by atoms with Crippen LogP contribution >= 0.6 is 11.8 Å². The van der Waals surface area contributed by atoms with Crippen molar-refractivity contribution in [1.29, 1.82) is 0 Å². The van der Waals surface area contributed by atoms with E-state index in [2.05, 4.69) is 23.1 Å². The largest absolute Gasteiger partial charge is 0.497 e. The SMILES string of the molecule is COC1=CC23CCCN2CCc2cc4c(cc2[C@@H]3C1OC(=O)[C@]1(CC(=O)SC)CCCC(C)(C)O1)OCO4. The second kappa shape index (κ2) is 9.45. The molecular formula is C29H37NO7S. The van der Waals surface area contributed by atoms with Crippen LogP contribution < -0.4 is 9.47 Å². The van der Waals surface area contributed by atoms with Crippen LogP contribution in [0.5, 0.6) is 11.5 Å². The molecule has 38 heavy (non-hydrogen) atoms. The quantitative estimate of drug-likeness (QED) is 0.504. The van der Waals surface area contributed by atoms with Gasteiger partial charge in [0.05, 0.1) is 30.6 Å². The first-order chi connectivity index (χ1) is 18.2. The molecule has 1 spiro atoms. The molecule has 0 saturated carbocycles. The highest BCUT2D eigenvalue weighted by Gasteiger charge is 2.59. The third kappa shape index (κ3) is 4.12. The van der Waals surface area contributed by atoms with Gasteiger partial charge in [-0.2, -0.15) is 0 Å². The summed E-state index contributed by atoms with van der Waals surface area (Å²) in [4.78, 5) is 29.4. The lowest BCUT2D eigenvalue weighted by Gasteiger charge is -2.44. The molecule has 6 rings (SSSR count). The van der Waals surface area contributed by atoms with E-state index in [1.165, 1.54) is 5.56 Å². The summed E-state index contributed by atoms with van der Waals surface area (Å²) >= 11 is 1.12. The molecular weight excluding hydrogens is 506 g/mol. The molecule has 1 aliphatic carbocycles. The van der Waals surface area contributed by atoms with E-state index in [4.69, 9.17) is 23.7 Å². The summed E-state index contributed by atoms with van der Waals surface area (Å²) in [7, 11) is 1.64. The van der Waals surface area contributed by atoms with Gasteiger partial charge < -0.3 is 23.7 Å². The number of carbonyl (C=O) groups is 2. The summed E-state index contributed by atoms with van der Waals surface area (Å²) in [5.41, 5.74) is 0.140. The molecule has 206 valence electrons. The fraction of sp³-hybridized carbons (Fsp3) is 0.655. The van der Waals surface area contributed by atoms with E-state index in [1.54, 1.807) is 13.4 Å². The van der Waals surface area contributed by atoms with Crippen LogP contribution in [0.3, 0.4) is 0 Å². The smallest absolute Gasteiger partial charge is 0.339 e. The van der Waals surface area contributed by atoms with Crippen LogP contribution in [0.2, 0.25) is 0 Å². The Kier molecular flexibility index (Phi) is 6.47. The minimum atomic E-state index is -1.31. The normalized spacial score (nSPS) is 33.0. The van der Waals surface area contributed by atoms with Crippen molar-refractivity contribution in [3.05, 3.63) is 35.1 Å². The predicted octanol–water partition coefficient (Wildman–Crippen LogP) is 4.34. The van der Waals surface area contributed by atoms with Gasteiger partial charge in [-0.3, -0.25) is 9.69 Å². The first kappa shape index (κ1) is 26.0. The summed E-state index contributed by atoms with van der Waals surface area (Å²) < 4.78 is 30.3. The van der Waals surface area contributed by atoms with Gasteiger partial charge in [0.2, 0.25) is 6.79 Å². The number of hydrogen-bond donors (Lipinski definition) is 0. The molecule has 0 aromatic heterocycles. The third-order valence-corrected chi connectivity index (χ3v) is 9.66. The summed E-state index contributed by atoms with van der Waals surface area (Å²) in [5, 5.41) is -0.0838. The van der Waals surface area contributed by atoms with Gasteiger partial charge in [-0.15, -0.1) is 0 Å². The van der Waals surface area contributed by atoms with Gasteiger partial charge in [0, 0.05) is 6.54 Å². The summed E-state index contributed by atoms with van der Waals surface area (Å²) in [5.74, 6) is 1.50. The van der Waals surface area contributed by atoms with Crippen LogP contribution in [0.15, 0.2) is 24.0 Å². The van der Waals surface area contributed by atoms with Crippen molar-refractivity contribution < 1.29 is 33.3 Å². The summed E-state index contributed by atoms with van der Waals surface area (Å²) in [6, 6.07) is 4.16. The van der Waals surface area contributed by atoms with Crippen molar-refractivity contribution in [3.63, 3.8) is 0 Å². The van der Waals surface area contributed by atoms with E-state index >= 15 is 0 Å². The van der Waals surface area contributed by atoms with Crippen LogP contribution in [0.1, 0.15) is 69.4 Å². The molecule has 2 unspecified atom stereocenters. The molecule has 4 heterocycles. The molecule has 1 aromatic rings. The van der Waals surface area contributed by atoms with Crippen molar-refractivity contribution >= 4 is 22.8 Å². The Morgan fingerprint density at radius 1 is 1.11 bits per heavy atom. The van der Waals surface area contributed by atoms with Gasteiger partial charge in [0.1, 0.15) is 5.76 Å². The zero-order valence-electron chi connectivity index (χ0n) is 22.7. The number of nitrogens with zero attached hydrogens (tertiary/aromatic N) is 1. The molecule has 0 bridgehead atoms. The number of fused-ring (bicyclic) bond motifs is 3. The maximum absolute atomic E-state index is 14.2. The second-order valence-corrected chi connectivity index (χ2v) is 12.6. The van der Waals surface area contributed by atoms with Crippen LogP contribution in [0.25, 0.3) is 0 Å². The molecule has 2 saturated heterocycles. The summed E-state index contributed by atoms with van der Waals surface area (Å²) in [6.07, 6.45) is 8.24. The fourth-order valence-corrected chi connectivity index (χ4v) is 7.77. The standard InChI is InChI=1S/C29H37NO7S/c1-27(2)8-5-10-29(37-27,16-23(31)38-4)26(32)36-25-22(33-3)15-28-9-6-11-30(28)12-7-18-13-20-21(35-17-34-20)14-19(18)24(25)28/h13-15,24-25H,5-12,16-17H2,1-4H3/t24-,25?,28?,29-/m1/s1. The minimum absolute atomic E-state index is 0.00755. The number of benzene rings is 1.